The quantitative estimate of drug-likeness (QED) is 0.473. The normalized spacial score (nSPS) is 11.8. The standard InChI is InChI=1S/C21H18ClF3N6O/c1-3-30-12(2)14(11-27-30)10-26-20(32)17-9-19-28-16(13-4-6-15(22)7-5-13)8-18(21(23,24)25)31(19)29-17/h4-9,11H,3,10H2,1-2H3,(H,26,32). The Balaban J connectivity index is 1.68. The fourth-order valence-corrected chi connectivity index (χ4v) is 3.43. The van der Waals surface area contributed by atoms with E-state index >= 15 is 0 Å². The van der Waals surface area contributed by atoms with Crippen LogP contribution in [0.4, 0.5) is 13.2 Å². The zero-order chi connectivity index (χ0) is 23.0. The average molecular weight is 463 g/mol. The second kappa shape index (κ2) is 8.27. The lowest BCUT2D eigenvalue weighted by Gasteiger charge is -2.11. The molecule has 0 fully saturated rings. The monoisotopic (exact) mass is 462 g/mol. The molecule has 0 spiro atoms. The van der Waals surface area contributed by atoms with Crippen molar-refractivity contribution in [1.82, 2.24) is 29.7 Å². The van der Waals surface area contributed by atoms with Gasteiger partial charge in [-0.2, -0.15) is 23.4 Å². The number of nitrogens with zero attached hydrogens (tertiary/aromatic N) is 5. The molecule has 0 aliphatic rings. The fourth-order valence-electron chi connectivity index (χ4n) is 3.30. The molecule has 0 atom stereocenters. The number of rotatable bonds is 5. The molecule has 3 aromatic heterocycles. The molecular weight excluding hydrogens is 445 g/mol. The first-order valence-electron chi connectivity index (χ1n) is 9.71. The van der Waals surface area contributed by atoms with E-state index in [2.05, 4.69) is 20.5 Å². The minimum atomic E-state index is -4.70. The Morgan fingerprint density at radius 1 is 1.19 bits per heavy atom. The Labute approximate surface area is 185 Å². The van der Waals surface area contributed by atoms with Crippen LogP contribution in [0.15, 0.2) is 42.6 Å². The van der Waals surface area contributed by atoms with E-state index in [1.165, 1.54) is 6.07 Å². The van der Waals surface area contributed by atoms with Crippen molar-refractivity contribution in [2.75, 3.05) is 0 Å². The number of amides is 1. The Morgan fingerprint density at radius 3 is 2.53 bits per heavy atom. The Hall–Kier alpha value is -3.40. The van der Waals surface area contributed by atoms with Gasteiger partial charge < -0.3 is 5.32 Å². The number of carbonyl (C=O) groups excluding carboxylic acids is 1. The minimum absolute atomic E-state index is 0.0927. The predicted molar refractivity (Wildman–Crippen MR) is 112 cm³/mol. The van der Waals surface area contributed by atoms with Gasteiger partial charge in [0.2, 0.25) is 0 Å². The Kier molecular flexibility index (Phi) is 5.64. The first-order valence-corrected chi connectivity index (χ1v) is 10.1. The van der Waals surface area contributed by atoms with E-state index in [1.807, 2.05) is 13.8 Å². The summed E-state index contributed by atoms with van der Waals surface area (Å²) < 4.78 is 43.6. The molecule has 0 saturated heterocycles. The summed E-state index contributed by atoms with van der Waals surface area (Å²) in [6.07, 6.45) is -3.06. The maximum Gasteiger partial charge on any atom is 0.433 e. The summed E-state index contributed by atoms with van der Waals surface area (Å²) in [5.41, 5.74) is 0.960. The second-order valence-corrected chi connectivity index (χ2v) is 7.52. The number of hydrogen-bond acceptors (Lipinski definition) is 4. The lowest BCUT2D eigenvalue weighted by Crippen LogP contribution is -2.23. The molecule has 166 valence electrons. The van der Waals surface area contributed by atoms with E-state index in [0.29, 0.717) is 21.6 Å². The molecule has 4 aromatic rings. The van der Waals surface area contributed by atoms with Crippen LogP contribution >= 0.6 is 11.6 Å². The number of halogens is 4. The van der Waals surface area contributed by atoms with Crippen molar-refractivity contribution in [2.24, 2.45) is 0 Å². The lowest BCUT2D eigenvalue weighted by molar-refractivity contribution is -0.142. The van der Waals surface area contributed by atoms with Gasteiger partial charge in [-0.25, -0.2) is 9.50 Å². The Bertz CT molecular complexity index is 1290. The summed E-state index contributed by atoms with van der Waals surface area (Å²) in [5.74, 6) is -0.611. The molecule has 0 unspecified atom stereocenters. The lowest BCUT2D eigenvalue weighted by atomic mass is 10.1. The van der Waals surface area contributed by atoms with Crippen LogP contribution < -0.4 is 5.32 Å². The van der Waals surface area contributed by atoms with Crippen LogP contribution in [-0.2, 0) is 19.3 Å². The van der Waals surface area contributed by atoms with Crippen molar-refractivity contribution in [1.29, 1.82) is 0 Å². The number of alkyl halides is 3. The highest BCUT2D eigenvalue weighted by Gasteiger charge is 2.35. The molecule has 32 heavy (non-hydrogen) atoms. The smallest absolute Gasteiger partial charge is 0.346 e. The van der Waals surface area contributed by atoms with Gasteiger partial charge in [-0.3, -0.25) is 9.48 Å². The molecule has 0 aliphatic heterocycles. The fraction of sp³-hybridized carbons (Fsp3) is 0.238. The van der Waals surface area contributed by atoms with Gasteiger partial charge in [-0.1, -0.05) is 23.7 Å². The molecule has 3 heterocycles. The molecule has 1 amide bonds. The minimum Gasteiger partial charge on any atom is -0.346 e. The summed E-state index contributed by atoms with van der Waals surface area (Å²) in [6.45, 7) is 4.69. The van der Waals surface area contributed by atoms with Gasteiger partial charge in [0.15, 0.2) is 17.0 Å². The van der Waals surface area contributed by atoms with Gasteiger partial charge in [0.05, 0.1) is 11.9 Å². The summed E-state index contributed by atoms with van der Waals surface area (Å²) >= 11 is 5.87. The largest absolute Gasteiger partial charge is 0.433 e. The molecule has 1 N–H and O–H groups in total. The molecule has 7 nitrogen and oxygen atoms in total. The third-order valence-electron chi connectivity index (χ3n) is 5.03. The first kappa shape index (κ1) is 21.8. The van der Waals surface area contributed by atoms with Crippen molar-refractivity contribution in [2.45, 2.75) is 33.1 Å². The van der Waals surface area contributed by atoms with Crippen LogP contribution in [0.3, 0.4) is 0 Å². The van der Waals surface area contributed by atoms with E-state index in [1.54, 1.807) is 35.1 Å². The number of nitrogens with one attached hydrogen (secondary N) is 1. The average Bonchev–Trinajstić information content (AvgIpc) is 3.34. The van der Waals surface area contributed by atoms with Crippen molar-refractivity contribution in [3.05, 3.63) is 70.3 Å². The summed E-state index contributed by atoms with van der Waals surface area (Å²) in [7, 11) is 0. The van der Waals surface area contributed by atoms with Crippen LogP contribution in [0.2, 0.25) is 5.02 Å². The maximum absolute atomic E-state index is 13.7. The first-order chi connectivity index (χ1) is 15.2. The summed E-state index contributed by atoms with van der Waals surface area (Å²) in [5, 5.41) is 11.2. The topological polar surface area (TPSA) is 77.1 Å². The number of carbonyl (C=O) groups is 1. The van der Waals surface area contributed by atoms with Gasteiger partial charge in [0.1, 0.15) is 0 Å². The van der Waals surface area contributed by atoms with Crippen LogP contribution in [0.1, 0.15) is 34.4 Å². The third-order valence-corrected chi connectivity index (χ3v) is 5.29. The van der Waals surface area contributed by atoms with E-state index in [-0.39, 0.29) is 23.6 Å². The SMILES string of the molecule is CCn1ncc(CNC(=O)c2cc3nc(-c4ccc(Cl)cc4)cc(C(F)(F)F)n3n2)c1C. The number of aromatic nitrogens is 5. The molecule has 0 aliphatic carbocycles. The van der Waals surface area contributed by atoms with Crippen LogP contribution in [0, 0.1) is 6.92 Å². The highest BCUT2D eigenvalue weighted by atomic mass is 35.5. The zero-order valence-electron chi connectivity index (χ0n) is 17.1. The van der Waals surface area contributed by atoms with E-state index in [0.717, 1.165) is 17.3 Å². The Morgan fingerprint density at radius 2 is 1.91 bits per heavy atom. The summed E-state index contributed by atoms with van der Waals surface area (Å²) in [4.78, 5) is 16.9. The molecular formula is C21H18ClF3N6O. The number of aryl methyl sites for hydroxylation is 1. The zero-order valence-corrected chi connectivity index (χ0v) is 17.9. The molecule has 0 bridgehead atoms. The van der Waals surface area contributed by atoms with Gasteiger partial charge in [0, 0.05) is 41.0 Å². The highest BCUT2D eigenvalue weighted by Crippen LogP contribution is 2.32. The van der Waals surface area contributed by atoms with Gasteiger partial charge in [-0.05, 0) is 32.0 Å². The highest BCUT2D eigenvalue weighted by molar-refractivity contribution is 6.30. The van der Waals surface area contributed by atoms with Crippen LogP contribution in [0.25, 0.3) is 16.9 Å². The van der Waals surface area contributed by atoms with Crippen molar-refractivity contribution >= 4 is 23.2 Å². The van der Waals surface area contributed by atoms with E-state index in [9.17, 15) is 18.0 Å². The number of benzene rings is 1. The van der Waals surface area contributed by atoms with E-state index in [4.69, 9.17) is 11.6 Å². The molecule has 0 saturated carbocycles. The van der Waals surface area contributed by atoms with Crippen LogP contribution in [-0.4, -0.2) is 30.3 Å². The second-order valence-electron chi connectivity index (χ2n) is 7.08. The third kappa shape index (κ3) is 4.18. The van der Waals surface area contributed by atoms with Gasteiger partial charge in [0.25, 0.3) is 5.91 Å². The van der Waals surface area contributed by atoms with Crippen molar-refractivity contribution in [3.63, 3.8) is 0 Å². The number of hydrogen-bond donors (Lipinski definition) is 1. The number of fused-ring (bicyclic) bond motifs is 1. The van der Waals surface area contributed by atoms with E-state index < -0.39 is 17.8 Å². The summed E-state index contributed by atoms with van der Waals surface area (Å²) in [6, 6.07) is 8.40. The molecule has 4 rings (SSSR count). The molecule has 0 radical (unpaired) electrons. The van der Waals surface area contributed by atoms with Crippen molar-refractivity contribution < 1.29 is 18.0 Å². The predicted octanol–water partition coefficient (Wildman–Crippen LogP) is 4.52. The molecule has 11 heteroatoms. The maximum atomic E-state index is 13.7. The van der Waals surface area contributed by atoms with Crippen LogP contribution in [0.5, 0.6) is 0 Å². The van der Waals surface area contributed by atoms with Crippen molar-refractivity contribution in [3.8, 4) is 11.3 Å². The van der Waals surface area contributed by atoms with Gasteiger partial charge in [-0.15, -0.1) is 0 Å². The van der Waals surface area contributed by atoms with Gasteiger partial charge >= 0.3 is 6.18 Å². The molecule has 1 aromatic carbocycles.